The molecule has 0 saturated carbocycles. The maximum absolute atomic E-state index is 13.1. The maximum atomic E-state index is 13.1. The number of nitrogens with zero attached hydrogens (tertiary/aromatic N) is 5. The third kappa shape index (κ3) is 3.51. The van der Waals surface area contributed by atoms with E-state index in [0.717, 1.165) is 5.56 Å². The van der Waals surface area contributed by atoms with E-state index in [-0.39, 0.29) is 17.8 Å². The van der Waals surface area contributed by atoms with E-state index in [4.69, 9.17) is 4.74 Å². The summed E-state index contributed by atoms with van der Waals surface area (Å²) in [5, 5.41) is 11.6. The molecule has 1 atom stereocenters. The first-order valence-electron chi connectivity index (χ1n) is 8.62. The first kappa shape index (κ1) is 17.1. The Morgan fingerprint density at radius 3 is 2.48 bits per heavy atom. The number of ether oxygens (including phenoxy) is 1. The summed E-state index contributed by atoms with van der Waals surface area (Å²) in [7, 11) is 0. The standard InChI is InChI=1S/C19H18FN5O2/c1-13-21-22-23-25(13)18(14-5-3-2-4-6-14)19(26)24-11-17(12-24)27-16-9-7-15(20)8-10-16/h2-10,17-18H,11-12H2,1H3/t18-/m1/s1. The van der Waals surface area contributed by atoms with Gasteiger partial charge in [-0.15, -0.1) is 5.10 Å². The molecule has 2 aromatic carbocycles. The zero-order valence-electron chi connectivity index (χ0n) is 14.7. The van der Waals surface area contributed by atoms with Crippen LogP contribution < -0.4 is 4.74 Å². The van der Waals surface area contributed by atoms with Gasteiger partial charge in [0.05, 0.1) is 13.1 Å². The van der Waals surface area contributed by atoms with Gasteiger partial charge in [-0.05, 0) is 47.2 Å². The minimum absolute atomic E-state index is 0.0874. The predicted molar refractivity (Wildman–Crippen MR) is 94.5 cm³/mol. The van der Waals surface area contributed by atoms with E-state index < -0.39 is 6.04 Å². The minimum Gasteiger partial charge on any atom is -0.487 e. The van der Waals surface area contributed by atoms with Crippen LogP contribution in [0.4, 0.5) is 4.39 Å². The molecule has 0 spiro atoms. The number of carbonyl (C=O) groups is 1. The molecule has 138 valence electrons. The van der Waals surface area contributed by atoms with Crippen molar-refractivity contribution in [1.29, 1.82) is 0 Å². The lowest BCUT2D eigenvalue weighted by Gasteiger charge is -2.40. The Morgan fingerprint density at radius 2 is 1.85 bits per heavy atom. The SMILES string of the molecule is Cc1nnnn1[C@@H](C(=O)N1CC(Oc2ccc(F)cc2)C1)c1ccccc1. The molecule has 1 saturated heterocycles. The third-order valence-electron chi connectivity index (χ3n) is 4.53. The van der Waals surface area contributed by atoms with Crippen LogP contribution in [0.2, 0.25) is 0 Å². The van der Waals surface area contributed by atoms with Crippen molar-refractivity contribution < 1.29 is 13.9 Å². The largest absolute Gasteiger partial charge is 0.487 e. The average Bonchev–Trinajstić information content (AvgIpc) is 3.06. The number of carbonyl (C=O) groups excluding carboxylic acids is 1. The number of amides is 1. The van der Waals surface area contributed by atoms with E-state index in [1.807, 2.05) is 30.3 Å². The molecule has 1 amide bonds. The highest BCUT2D eigenvalue weighted by atomic mass is 19.1. The van der Waals surface area contributed by atoms with Gasteiger partial charge in [0, 0.05) is 0 Å². The Morgan fingerprint density at radius 1 is 1.15 bits per heavy atom. The van der Waals surface area contributed by atoms with Crippen molar-refractivity contribution in [3.8, 4) is 5.75 Å². The molecule has 0 unspecified atom stereocenters. The van der Waals surface area contributed by atoms with Crippen molar-refractivity contribution in [2.45, 2.75) is 19.1 Å². The van der Waals surface area contributed by atoms with Crippen molar-refractivity contribution in [2.24, 2.45) is 0 Å². The lowest BCUT2D eigenvalue weighted by Crippen LogP contribution is -2.58. The van der Waals surface area contributed by atoms with Crippen molar-refractivity contribution in [2.75, 3.05) is 13.1 Å². The van der Waals surface area contributed by atoms with Crippen LogP contribution in [0.15, 0.2) is 54.6 Å². The number of aryl methyl sites for hydroxylation is 1. The fourth-order valence-corrected chi connectivity index (χ4v) is 3.07. The van der Waals surface area contributed by atoms with Crippen LogP contribution in [0.5, 0.6) is 5.75 Å². The van der Waals surface area contributed by atoms with Gasteiger partial charge in [-0.2, -0.15) is 0 Å². The number of rotatable bonds is 5. The highest BCUT2D eigenvalue weighted by Crippen LogP contribution is 2.25. The van der Waals surface area contributed by atoms with Crippen LogP contribution in [0.3, 0.4) is 0 Å². The molecular weight excluding hydrogens is 349 g/mol. The lowest BCUT2D eigenvalue weighted by molar-refractivity contribution is -0.142. The number of aromatic nitrogens is 4. The van der Waals surface area contributed by atoms with Crippen LogP contribution in [0.1, 0.15) is 17.4 Å². The van der Waals surface area contributed by atoms with E-state index in [9.17, 15) is 9.18 Å². The molecule has 0 radical (unpaired) electrons. The highest BCUT2D eigenvalue weighted by molar-refractivity contribution is 5.84. The number of benzene rings is 2. The molecule has 2 heterocycles. The molecule has 1 fully saturated rings. The van der Waals surface area contributed by atoms with Gasteiger partial charge in [0.25, 0.3) is 5.91 Å². The molecule has 0 bridgehead atoms. The molecule has 3 aromatic rings. The smallest absolute Gasteiger partial charge is 0.252 e. The number of hydrogen-bond donors (Lipinski definition) is 0. The first-order chi connectivity index (χ1) is 13.1. The summed E-state index contributed by atoms with van der Waals surface area (Å²) in [5.41, 5.74) is 0.820. The molecule has 1 aromatic heterocycles. The minimum atomic E-state index is -0.618. The van der Waals surface area contributed by atoms with Gasteiger partial charge < -0.3 is 9.64 Å². The number of tetrazole rings is 1. The summed E-state index contributed by atoms with van der Waals surface area (Å²) in [5.74, 6) is 0.757. The van der Waals surface area contributed by atoms with E-state index >= 15 is 0 Å². The van der Waals surface area contributed by atoms with Gasteiger partial charge in [-0.1, -0.05) is 30.3 Å². The Bertz CT molecular complexity index is 923. The second-order valence-electron chi connectivity index (χ2n) is 6.42. The predicted octanol–water partition coefficient (Wildman–Crippen LogP) is 2.00. The molecule has 1 aliphatic heterocycles. The van der Waals surface area contributed by atoms with Crippen LogP contribution in [0.25, 0.3) is 0 Å². The molecule has 0 N–H and O–H groups in total. The Hall–Kier alpha value is -3.29. The van der Waals surface area contributed by atoms with Crippen LogP contribution in [-0.4, -0.2) is 50.2 Å². The van der Waals surface area contributed by atoms with E-state index in [0.29, 0.717) is 24.7 Å². The van der Waals surface area contributed by atoms with Gasteiger partial charge in [0.1, 0.15) is 23.5 Å². The molecule has 4 rings (SSSR count). The van der Waals surface area contributed by atoms with Gasteiger partial charge >= 0.3 is 0 Å². The summed E-state index contributed by atoms with van der Waals surface area (Å²) >= 11 is 0. The second-order valence-corrected chi connectivity index (χ2v) is 6.42. The Kier molecular flexibility index (Phi) is 4.53. The van der Waals surface area contributed by atoms with Gasteiger partial charge in [0.15, 0.2) is 6.04 Å². The van der Waals surface area contributed by atoms with Crippen LogP contribution >= 0.6 is 0 Å². The Balaban J connectivity index is 1.47. The normalized spacial score (nSPS) is 15.3. The van der Waals surface area contributed by atoms with Gasteiger partial charge in [-0.3, -0.25) is 4.79 Å². The summed E-state index contributed by atoms with van der Waals surface area (Å²) < 4.78 is 20.3. The molecule has 8 heteroatoms. The summed E-state index contributed by atoms with van der Waals surface area (Å²) in [6.07, 6.45) is -0.120. The second kappa shape index (κ2) is 7.14. The van der Waals surface area contributed by atoms with E-state index in [1.54, 1.807) is 24.0 Å². The highest BCUT2D eigenvalue weighted by Gasteiger charge is 2.38. The number of hydrogen-bond acceptors (Lipinski definition) is 5. The number of likely N-dealkylation sites (tertiary alicyclic amines) is 1. The topological polar surface area (TPSA) is 73.1 Å². The number of halogens is 1. The molecular formula is C19H18FN5O2. The van der Waals surface area contributed by atoms with Crippen molar-refractivity contribution in [3.63, 3.8) is 0 Å². The average molecular weight is 367 g/mol. The van der Waals surface area contributed by atoms with E-state index in [1.165, 1.54) is 16.8 Å². The zero-order valence-corrected chi connectivity index (χ0v) is 14.7. The van der Waals surface area contributed by atoms with Gasteiger partial charge in [-0.25, -0.2) is 9.07 Å². The monoisotopic (exact) mass is 367 g/mol. The summed E-state index contributed by atoms with van der Waals surface area (Å²) in [4.78, 5) is 14.8. The fraction of sp³-hybridized carbons (Fsp3) is 0.263. The van der Waals surface area contributed by atoms with Gasteiger partial charge in [0.2, 0.25) is 0 Å². The van der Waals surface area contributed by atoms with Crippen LogP contribution in [-0.2, 0) is 4.79 Å². The van der Waals surface area contributed by atoms with Crippen LogP contribution in [0, 0.1) is 12.7 Å². The molecule has 1 aliphatic rings. The zero-order chi connectivity index (χ0) is 18.8. The summed E-state index contributed by atoms with van der Waals surface area (Å²) in [6, 6.07) is 14.7. The third-order valence-corrected chi connectivity index (χ3v) is 4.53. The van der Waals surface area contributed by atoms with E-state index in [2.05, 4.69) is 15.5 Å². The maximum Gasteiger partial charge on any atom is 0.252 e. The van der Waals surface area contributed by atoms with Crippen molar-refractivity contribution in [1.82, 2.24) is 25.1 Å². The molecule has 27 heavy (non-hydrogen) atoms. The van der Waals surface area contributed by atoms with Crippen molar-refractivity contribution >= 4 is 5.91 Å². The molecule has 7 nitrogen and oxygen atoms in total. The quantitative estimate of drug-likeness (QED) is 0.690. The Labute approximate surface area is 155 Å². The first-order valence-corrected chi connectivity index (χ1v) is 8.62. The summed E-state index contributed by atoms with van der Waals surface area (Å²) in [6.45, 7) is 2.68. The van der Waals surface area contributed by atoms with Crippen molar-refractivity contribution in [3.05, 3.63) is 71.8 Å². The fourth-order valence-electron chi connectivity index (χ4n) is 3.07. The lowest BCUT2D eigenvalue weighted by atomic mass is 10.0. The molecule has 0 aliphatic carbocycles.